The number of rotatable bonds is 6. The first kappa shape index (κ1) is 15.6. The first-order chi connectivity index (χ1) is 10.1. The van der Waals surface area contributed by atoms with Gasteiger partial charge in [0.15, 0.2) is 0 Å². The average molecular weight is 402 g/mol. The summed E-state index contributed by atoms with van der Waals surface area (Å²) in [6.45, 7) is 0.537. The van der Waals surface area contributed by atoms with Crippen LogP contribution in [0.15, 0.2) is 42.5 Å². The van der Waals surface area contributed by atoms with E-state index in [1.165, 1.54) is 36.4 Å². The number of halogens is 2. The van der Waals surface area contributed by atoms with Crippen molar-refractivity contribution in [3.05, 3.63) is 57.4 Å². The number of carboxylic acid groups (broad SMARTS) is 1. The van der Waals surface area contributed by atoms with Crippen LogP contribution in [0.3, 0.4) is 0 Å². The van der Waals surface area contributed by atoms with E-state index in [9.17, 15) is 9.18 Å². The zero-order chi connectivity index (χ0) is 15.2. The second-order valence-electron chi connectivity index (χ2n) is 4.10. The van der Waals surface area contributed by atoms with Gasteiger partial charge in [0.05, 0.1) is 9.13 Å². The Balaban J connectivity index is 1.87. The lowest BCUT2D eigenvalue weighted by Crippen LogP contribution is -2.10. The molecule has 0 aliphatic carbocycles. The normalized spacial score (nSPS) is 10.2. The molecule has 0 aliphatic rings. The summed E-state index contributed by atoms with van der Waals surface area (Å²) in [4.78, 5) is 10.9. The highest BCUT2D eigenvalue weighted by atomic mass is 127. The van der Waals surface area contributed by atoms with E-state index in [-0.39, 0.29) is 24.6 Å². The SMILES string of the molecule is O=C(O)c1ccc(I)c(OCCOc2ccc(F)cc2)c1. The van der Waals surface area contributed by atoms with Gasteiger partial charge in [-0.1, -0.05) is 0 Å². The maximum Gasteiger partial charge on any atom is 0.335 e. The predicted molar refractivity (Wildman–Crippen MR) is 83.5 cm³/mol. The molecule has 110 valence electrons. The van der Waals surface area contributed by atoms with E-state index in [0.717, 1.165) is 3.57 Å². The van der Waals surface area contributed by atoms with Crippen LogP contribution in [0.5, 0.6) is 11.5 Å². The Morgan fingerprint density at radius 1 is 1.10 bits per heavy atom. The third-order valence-electron chi connectivity index (χ3n) is 2.60. The van der Waals surface area contributed by atoms with E-state index in [2.05, 4.69) is 22.6 Å². The minimum atomic E-state index is -1.00. The van der Waals surface area contributed by atoms with Gasteiger partial charge in [0.2, 0.25) is 0 Å². The molecule has 0 unspecified atom stereocenters. The Morgan fingerprint density at radius 3 is 2.43 bits per heavy atom. The van der Waals surface area contributed by atoms with Crippen molar-refractivity contribution in [2.45, 2.75) is 0 Å². The molecular weight excluding hydrogens is 390 g/mol. The number of hydrogen-bond donors (Lipinski definition) is 1. The van der Waals surface area contributed by atoms with E-state index in [1.54, 1.807) is 6.07 Å². The van der Waals surface area contributed by atoms with Crippen molar-refractivity contribution in [2.75, 3.05) is 13.2 Å². The summed E-state index contributed by atoms with van der Waals surface area (Å²) in [5.41, 5.74) is 0.171. The summed E-state index contributed by atoms with van der Waals surface area (Å²) >= 11 is 2.07. The molecule has 0 aliphatic heterocycles. The number of aromatic carboxylic acids is 1. The maximum absolute atomic E-state index is 12.7. The summed E-state index contributed by atoms with van der Waals surface area (Å²) < 4.78 is 24.4. The quantitative estimate of drug-likeness (QED) is 0.593. The topological polar surface area (TPSA) is 55.8 Å². The maximum atomic E-state index is 12.7. The summed E-state index contributed by atoms with van der Waals surface area (Å²) in [7, 11) is 0. The second-order valence-corrected chi connectivity index (χ2v) is 5.26. The van der Waals surface area contributed by atoms with Gasteiger partial charge in [-0.25, -0.2) is 9.18 Å². The van der Waals surface area contributed by atoms with Crippen LogP contribution in [-0.2, 0) is 0 Å². The van der Waals surface area contributed by atoms with Gasteiger partial charge in [0.25, 0.3) is 0 Å². The molecule has 0 spiro atoms. The molecule has 0 bridgehead atoms. The molecule has 21 heavy (non-hydrogen) atoms. The molecule has 1 N–H and O–H groups in total. The molecule has 0 heterocycles. The smallest absolute Gasteiger partial charge is 0.335 e. The van der Waals surface area contributed by atoms with Crippen LogP contribution in [-0.4, -0.2) is 24.3 Å². The Kier molecular flexibility index (Phi) is 5.38. The fourth-order valence-electron chi connectivity index (χ4n) is 1.59. The standard InChI is InChI=1S/C15H12FIO4/c16-11-2-4-12(5-3-11)20-7-8-21-14-9-10(15(18)19)1-6-13(14)17/h1-6,9H,7-8H2,(H,18,19). The summed E-state index contributed by atoms with van der Waals surface area (Å²) in [5, 5.41) is 8.93. The van der Waals surface area contributed by atoms with Crippen LogP contribution < -0.4 is 9.47 Å². The highest BCUT2D eigenvalue weighted by molar-refractivity contribution is 14.1. The molecule has 2 aromatic carbocycles. The molecule has 0 saturated heterocycles. The Hall–Kier alpha value is -1.83. The van der Waals surface area contributed by atoms with Gasteiger partial charge in [0.1, 0.15) is 30.5 Å². The monoisotopic (exact) mass is 402 g/mol. The largest absolute Gasteiger partial charge is 0.490 e. The van der Waals surface area contributed by atoms with Gasteiger partial charge >= 0.3 is 5.97 Å². The fraction of sp³-hybridized carbons (Fsp3) is 0.133. The number of carboxylic acids is 1. The zero-order valence-corrected chi connectivity index (χ0v) is 13.0. The first-order valence-corrected chi connectivity index (χ1v) is 7.18. The van der Waals surface area contributed by atoms with Crippen LogP contribution in [0.25, 0.3) is 0 Å². The minimum absolute atomic E-state index is 0.171. The van der Waals surface area contributed by atoms with E-state index in [4.69, 9.17) is 14.6 Å². The molecule has 6 heteroatoms. The highest BCUT2D eigenvalue weighted by Gasteiger charge is 2.08. The lowest BCUT2D eigenvalue weighted by Gasteiger charge is -2.10. The second kappa shape index (κ2) is 7.26. The molecule has 0 saturated carbocycles. The number of hydrogen-bond acceptors (Lipinski definition) is 3. The van der Waals surface area contributed by atoms with Crippen LogP contribution in [0.4, 0.5) is 4.39 Å². The highest BCUT2D eigenvalue weighted by Crippen LogP contribution is 2.22. The third-order valence-corrected chi connectivity index (χ3v) is 3.49. The fourth-order valence-corrected chi connectivity index (χ4v) is 2.08. The van der Waals surface area contributed by atoms with Crippen molar-refractivity contribution < 1.29 is 23.8 Å². The van der Waals surface area contributed by atoms with Gasteiger partial charge in [-0.05, 0) is 65.1 Å². The first-order valence-electron chi connectivity index (χ1n) is 6.10. The van der Waals surface area contributed by atoms with E-state index < -0.39 is 5.97 Å². The van der Waals surface area contributed by atoms with Crippen LogP contribution in [0.1, 0.15) is 10.4 Å². The van der Waals surface area contributed by atoms with Crippen molar-refractivity contribution in [3.8, 4) is 11.5 Å². The van der Waals surface area contributed by atoms with Gasteiger partial charge in [-0.3, -0.25) is 0 Å². The molecule has 0 fully saturated rings. The molecular formula is C15H12FIO4. The van der Waals surface area contributed by atoms with E-state index >= 15 is 0 Å². The minimum Gasteiger partial charge on any atom is -0.490 e. The molecule has 0 radical (unpaired) electrons. The van der Waals surface area contributed by atoms with Gasteiger partial charge in [-0.15, -0.1) is 0 Å². The predicted octanol–water partition coefficient (Wildman–Crippen LogP) is 3.59. The van der Waals surface area contributed by atoms with Gasteiger partial charge < -0.3 is 14.6 Å². The van der Waals surface area contributed by atoms with Crippen LogP contribution in [0, 0.1) is 9.39 Å². The van der Waals surface area contributed by atoms with Crippen molar-refractivity contribution in [1.82, 2.24) is 0 Å². The van der Waals surface area contributed by atoms with Gasteiger partial charge in [-0.2, -0.15) is 0 Å². The van der Waals surface area contributed by atoms with Crippen molar-refractivity contribution in [2.24, 2.45) is 0 Å². The molecule has 2 rings (SSSR count). The Morgan fingerprint density at radius 2 is 1.76 bits per heavy atom. The van der Waals surface area contributed by atoms with Crippen LogP contribution in [0.2, 0.25) is 0 Å². The molecule has 0 amide bonds. The molecule has 2 aromatic rings. The van der Waals surface area contributed by atoms with E-state index in [1.807, 2.05) is 0 Å². The number of carbonyl (C=O) groups is 1. The lowest BCUT2D eigenvalue weighted by atomic mass is 10.2. The number of ether oxygens (including phenoxy) is 2. The van der Waals surface area contributed by atoms with Crippen molar-refractivity contribution in [1.29, 1.82) is 0 Å². The summed E-state index contributed by atoms with van der Waals surface area (Å²) in [6.07, 6.45) is 0. The number of benzene rings is 2. The molecule has 4 nitrogen and oxygen atoms in total. The van der Waals surface area contributed by atoms with Crippen molar-refractivity contribution in [3.63, 3.8) is 0 Å². The lowest BCUT2D eigenvalue weighted by molar-refractivity contribution is 0.0696. The van der Waals surface area contributed by atoms with Crippen LogP contribution >= 0.6 is 22.6 Å². The molecule has 0 aromatic heterocycles. The zero-order valence-electron chi connectivity index (χ0n) is 10.9. The summed E-state index contributed by atoms with van der Waals surface area (Å²) in [5.74, 6) is -0.273. The van der Waals surface area contributed by atoms with Crippen molar-refractivity contribution >= 4 is 28.6 Å². The average Bonchev–Trinajstić information content (AvgIpc) is 2.47. The molecule has 0 atom stereocenters. The van der Waals surface area contributed by atoms with E-state index in [0.29, 0.717) is 11.5 Å². The van der Waals surface area contributed by atoms with Gasteiger partial charge in [0, 0.05) is 0 Å². The Bertz CT molecular complexity index is 628. The third kappa shape index (κ3) is 4.59. The summed E-state index contributed by atoms with van der Waals surface area (Å²) in [6, 6.07) is 10.4. The Labute approximate surface area is 134 Å².